The Bertz CT molecular complexity index is 1230. The van der Waals surface area contributed by atoms with Gasteiger partial charge in [0.2, 0.25) is 11.8 Å². The van der Waals surface area contributed by atoms with Gasteiger partial charge in [-0.2, -0.15) is 5.10 Å². The first-order valence-corrected chi connectivity index (χ1v) is 13.5. The van der Waals surface area contributed by atoms with Crippen molar-refractivity contribution in [1.29, 1.82) is 0 Å². The lowest BCUT2D eigenvalue weighted by atomic mass is 10.1. The second-order valence-electron chi connectivity index (χ2n) is 9.66. The van der Waals surface area contributed by atoms with Crippen LogP contribution in [-0.4, -0.2) is 94.2 Å². The zero-order valence-electron chi connectivity index (χ0n) is 22.7. The molecule has 1 aliphatic heterocycles. The molecule has 0 bridgehead atoms. The van der Waals surface area contributed by atoms with Crippen molar-refractivity contribution in [3.8, 4) is 0 Å². The van der Waals surface area contributed by atoms with Crippen molar-refractivity contribution < 1.29 is 19.1 Å². The van der Waals surface area contributed by atoms with Crippen LogP contribution < -0.4 is 0 Å². The zero-order chi connectivity index (χ0) is 27.6. The number of carbonyl (C=O) groups is 3. The number of rotatable bonds is 11. The van der Waals surface area contributed by atoms with Gasteiger partial charge in [0.1, 0.15) is 13.2 Å². The predicted molar refractivity (Wildman–Crippen MR) is 148 cm³/mol. The molecule has 1 unspecified atom stereocenters. The van der Waals surface area contributed by atoms with Crippen LogP contribution in [0.4, 0.5) is 0 Å². The van der Waals surface area contributed by atoms with Gasteiger partial charge in [0.25, 0.3) is 5.91 Å². The molecule has 1 aromatic heterocycles. The molecule has 1 fully saturated rings. The van der Waals surface area contributed by atoms with Crippen LogP contribution in [0, 0.1) is 0 Å². The van der Waals surface area contributed by atoms with Crippen molar-refractivity contribution >= 4 is 17.7 Å². The quantitative estimate of drug-likeness (QED) is 0.380. The number of ether oxygens (including phenoxy) is 1. The van der Waals surface area contributed by atoms with Gasteiger partial charge in [-0.25, -0.2) is 0 Å². The minimum Gasteiger partial charge on any atom is -0.365 e. The fourth-order valence-corrected chi connectivity index (χ4v) is 4.79. The third-order valence-corrected chi connectivity index (χ3v) is 6.96. The van der Waals surface area contributed by atoms with Gasteiger partial charge >= 0.3 is 0 Å². The maximum atomic E-state index is 13.6. The number of carbonyl (C=O) groups excluding carboxylic acids is 3. The van der Waals surface area contributed by atoms with Crippen LogP contribution in [0.2, 0.25) is 0 Å². The van der Waals surface area contributed by atoms with Crippen LogP contribution in [0.5, 0.6) is 0 Å². The van der Waals surface area contributed by atoms with Crippen LogP contribution in [-0.2, 0) is 27.3 Å². The SMILES string of the molecule is CCN(CC)C(=O)COC1CN(CCc2ccccc2)C(=O)CN(C(=O)c2cccc(Cn3cccn3)c2)C1. The summed E-state index contributed by atoms with van der Waals surface area (Å²) in [6.07, 6.45) is 3.80. The number of hydrogen-bond acceptors (Lipinski definition) is 5. The molecule has 0 saturated carbocycles. The molecule has 3 aromatic rings. The van der Waals surface area contributed by atoms with E-state index in [9.17, 15) is 14.4 Å². The first-order chi connectivity index (χ1) is 19.0. The summed E-state index contributed by atoms with van der Waals surface area (Å²) in [6.45, 7) is 6.52. The molecule has 0 aliphatic carbocycles. The molecular formula is C30H37N5O4. The molecule has 1 atom stereocenters. The Morgan fingerprint density at radius 3 is 2.49 bits per heavy atom. The molecule has 4 rings (SSSR count). The summed E-state index contributed by atoms with van der Waals surface area (Å²) >= 11 is 0. The second-order valence-corrected chi connectivity index (χ2v) is 9.66. The molecule has 1 aliphatic rings. The summed E-state index contributed by atoms with van der Waals surface area (Å²) < 4.78 is 7.85. The highest BCUT2D eigenvalue weighted by Crippen LogP contribution is 2.16. The van der Waals surface area contributed by atoms with Crippen molar-refractivity contribution in [2.24, 2.45) is 0 Å². The topological polar surface area (TPSA) is 88.0 Å². The summed E-state index contributed by atoms with van der Waals surface area (Å²) in [6, 6.07) is 19.2. The van der Waals surface area contributed by atoms with Gasteiger partial charge in [0.05, 0.1) is 12.6 Å². The number of amides is 3. The molecule has 0 radical (unpaired) electrons. The van der Waals surface area contributed by atoms with Crippen molar-refractivity contribution in [1.82, 2.24) is 24.5 Å². The van der Waals surface area contributed by atoms with E-state index in [0.717, 1.165) is 11.1 Å². The fraction of sp³-hybridized carbons (Fsp3) is 0.400. The van der Waals surface area contributed by atoms with Gasteiger partial charge < -0.3 is 19.4 Å². The van der Waals surface area contributed by atoms with Gasteiger partial charge in [-0.15, -0.1) is 0 Å². The molecule has 1 saturated heterocycles. The normalized spacial score (nSPS) is 15.7. The fourth-order valence-electron chi connectivity index (χ4n) is 4.79. The maximum absolute atomic E-state index is 13.6. The molecule has 2 heterocycles. The number of aromatic nitrogens is 2. The van der Waals surface area contributed by atoms with E-state index >= 15 is 0 Å². The molecule has 39 heavy (non-hydrogen) atoms. The Balaban J connectivity index is 1.49. The number of likely N-dealkylation sites (N-methyl/N-ethyl adjacent to an activating group) is 1. The van der Waals surface area contributed by atoms with E-state index in [-0.39, 0.29) is 37.4 Å². The average molecular weight is 532 g/mol. The van der Waals surface area contributed by atoms with Gasteiger partial charge in [-0.05, 0) is 49.6 Å². The average Bonchev–Trinajstić information content (AvgIpc) is 3.41. The summed E-state index contributed by atoms with van der Waals surface area (Å²) in [5.41, 5.74) is 2.57. The summed E-state index contributed by atoms with van der Waals surface area (Å²) in [5.74, 6) is -0.469. The summed E-state index contributed by atoms with van der Waals surface area (Å²) in [4.78, 5) is 44.6. The maximum Gasteiger partial charge on any atom is 0.254 e. The largest absolute Gasteiger partial charge is 0.365 e. The third-order valence-electron chi connectivity index (χ3n) is 6.96. The number of benzene rings is 2. The van der Waals surface area contributed by atoms with Gasteiger partial charge in [-0.1, -0.05) is 42.5 Å². The first kappa shape index (κ1) is 28.0. The Morgan fingerprint density at radius 1 is 1.00 bits per heavy atom. The van der Waals surface area contributed by atoms with Crippen molar-refractivity contribution in [3.63, 3.8) is 0 Å². The van der Waals surface area contributed by atoms with Gasteiger partial charge in [-0.3, -0.25) is 19.1 Å². The summed E-state index contributed by atoms with van der Waals surface area (Å²) in [5, 5.41) is 4.24. The smallest absolute Gasteiger partial charge is 0.254 e. The zero-order valence-corrected chi connectivity index (χ0v) is 22.7. The molecule has 2 aromatic carbocycles. The minimum absolute atomic E-state index is 0.0408. The Labute approximate surface area is 229 Å². The molecule has 0 spiro atoms. The van der Waals surface area contributed by atoms with E-state index < -0.39 is 6.10 Å². The molecule has 9 nitrogen and oxygen atoms in total. The van der Waals surface area contributed by atoms with Crippen LogP contribution in [0.1, 0.15) is 35.3 Å². The van der Waals surface area contributed by atoms with E-state index in [4.69, 9.17) is 4.74 Å². The van der Waals surface area contributed by atoms with E-state index in [0.29, 0.717) is 44.7 Å². The lowest BCUT2D eigenvalue weighted by Gasteiger charge is -2.26. The number of hydrogen-bond donors (Lipinski definition) is 0. The Hall–Kier alpha value is -3.98. The molecular weight excluding hydrogens is 494 g/mol. The van der Waals surface area contributed by atoms with Crippen molar-refractivity contribution in [2.75, 3.05) is 45.9 Å². The molecule has 0 N–H and O–H groups in total. The third kappa shape index (κ3) is 7.77. The van der Waals surface area contributed by atoms with Crippen molar-refractivity contribution in [2.45, 2.75) is 32.9 Å². The lowest BCUT2D eigenvalue weighted by Crippen LogP contribution is -2.41. The minimum atomic E-state index is -0.483. The first-order valence-electron chi connectivity index (χ1n) is 13.5. The molecule has 9 heteroatoms. The van der Waals surface area contributed by atoms with Crippen LogP contribution >= 0.6 is 0 Å². The highest BCUT2D eigenvalue weighted by Gasteiger charge is 2.32. The molecule has 3 amide bonds. The van der Waals surface area contributed by atoms with E-state index in [1.807, 2.05) is 74.6 Å². The Kier molecular flexibility index (Phi) is 9.85. The highest BCUT2D eigenvalue weighted by molar-refractivity contribution is 5.97. The van der Waals surface area contributed by atoms with Crippen LogP contribution in [0.25, 0.3) is 0 Å². The summed E-state index contributed by atoms with van der Waals surface area (Å²) in [7, 11) is 0. The second kappa shape index (κ2) is 13.7. The van der Waals surface area contributed by atoms with Crippen molar-refractivity contribution in [3.05, 3.63) is 89.7 Å². The van der Waals surface area contributed by atoms with E-state index in [1.165, 1.54) is 0 Å². The van der Waals surface area contributed by atoms with Crippen LogP contribution in [0.15, 0.2) is 73.1 Å². The van der Waals surface area contributed by atoms with Gasteiger partial charge in [0.15, 0.2) is 0 Å². The highest BCUT2D eigenvalue weighted by atomic mass is 16.5. The molecule has 206 valence electrons. The standard InChI is InChI=1S/C30H37N5O4/c1-3-32(4-2)29(37)23-39-27-20-33(17-14-24-10-6-5-7-11-24)28(36)22-34(21-27)30(38)26-13-8-12-25(18-26)19-35-16-9-15-31-35/h5-13,15-16,18,27H,3-4,14,17,19-23H2,1-2H3. The predicted octanol–water partition coefficient (Wildman–Crippen LogP) is 2.71. The lowest BCUT2D eigenvalue weighted by molar-refractivity contribution is -0.138. The monoisotopic (exact) mass is 531 g/mol. The number of nitrogens with zero attached hydrogens (tertiary/aromatic N) is 5. The van der Waals surface area contributed by atoms with E-state index in [1.54, 1.807) is 31.6 Å². The van der Waals surface area contributed by atoms with E-state index in [2.05, 4.69) is 5.10 Å². The van der Waals surface area contributed by atoms with Crippen LogP contribution in [0.3, 0.4) is 0 Å². The Morgan fingerprint density at radius 2 is 1.77 bits per heavy atom. The van der Waals surface area contributed by atoms with Gasteiger partial charge in [0, 0.05) is 50.7 Å².